The monoisotopic (exact) mass is 277 g/mol. The van der Waals surface area contributed by atoms with Crippen LogP contribution >= 0.6 is 15.9 Å². The first-order valence-corrected chi connectivity index (χ1v) is 6.16. The molecular formula is C12H12BrN3. The fraction of sp³-hybridized carbons (Fsp3) is 0.250. The zero-order chi connectivity index (χ0) is 11.0. The number of nitrogens with zero attached hydrogens (tertiary/aromatic N) is 2. The van der Waals surface area contributed by atoms with E-state index in [9.17, 15) is 0 Å². The number of nitrogens with one attached hydrogen (secondary N) is 1. The van der Waals surface area contributed by atoms with E-state index < -0.39 is 0 Å². The number of halogens is 1. The molecule has 16 heavy (non-hydrogen) atoms. The molecule has 1 aliphatic rings. The Hall–Kier alpha value is -1.29. The van der Waals surface area contributed by atoms with Crippen LogP contribution in [0.2, 0.25) is 0 Å². The molecule has 0 saturated carbocycles. The highest BCUT2D eigenvalue weighted by molar-refractivity contribution is 9.10. The molecule has 1 N–H and O–H groups in total. The minimum atomic E-state index is 0.351. The molecule has 0 radical (unpaired) electrons. The van der Waals surface area contributed by atoms with E-state index in [0.717, 1.165) is 17.4 Å². The van der Waals surface area contributed by atoms with Crippen molar-refractivity contribution in [1.82, 2.24) is 9.78 Å². The largest absolute Gasteiger partial charge is 0.385 e. The zero-order valence-corrected chi connectivity index (χ0v) is 10.3. The summed E-state index contributed by atoms with van der Waals surface area (Å²) in [7, 11) is 0. The summed E-state index contributed by atoms with van der Waals surface area (Å²) in [4.78, 5) is 0. The number of aromatic nitrogens is 2. The van der Waals surface area contributed by atoms with Gasteiger partial charge in [-0.1, -0.05) is 15.9 Å². The van der Waals surface area contributed by atoms with Gasteiger partial charge >= 0.3 is 0 Å². The van der Waals surface area contributed by atoms with Crippen molar-refractivity contribution in [3.8, 4) is 0 Å². The quantitative estimate of drug-likeness (QED) is 0.868. The Kier molecular flexibility index (Phi) is 2.44. The van der Waals surface area contributed by atoms with Gasteiger partial charge < -0.3 is 5.32 Å². The molecule has 0 fully saturated rings. The summed E-state index contributed by atoms with van der Waals surface area (Å²) in [6.07, 6.45) is 4.94. The van der Waals surface area contributed by atoms with E-state index in [1.54, 1.807) is 0 Å². The van der Waals surface area contributed by atoms with Crippen LogP contribution in [0.1, 0.15) is 18.0 Å². The third-order valence-corrected chi connectivity index (χ3v) is 3.44. The van der Waals surface area contributed by atoms with Crippen LogP contribution in [0.15, 0.2) is 41.1 Å². The van der Waals surface area contributed by atoms with Crippen molar-refractivity contribution in [3.05, 3.63) is 46.7 Å². The fourth-order valence-corrected chi connectivity index (χ4v) is 2.59. The fourth-order valence-electron chi connectivity index (χ4n) is 2.21. The second kappa shape index (κ2) is 3.94. The van der Waals surface area contributed by atoms with Gasteiger partial charge in [0.05, 0.1) is 6.04 Å². The molecule has 2 heterocycles. The van der Waals surface area contributed by atoms with E-state index in [1.807, 2.05) is 23.1 Å². The van der Waals surface area contributed by atoms with Crippen molar-refractivity contribution in [1.29, 1.82) is 0 Å². The highest BCUT2D eigenvalue weighted by Crippen LogP contribution is 2.34. The van der Waals surface area contributed by atoms with Crippen LogP contribution in [0, 0.1) is 0 Å². The number of hydrogen-bond donors (Lipinski definition) is 1. The molecular weight excluding hydrogens is 266 g/mol. The Balaban J connectivity index is 2.08. The lowest BCUT2D eigenvalue weighted by Gasteiger charge is -2.27. The summed E-state index contributed by atoms with van der Waals surface area (Å²) in [6, 6.07) is 8.68. The normalized spacial score (nSPS) is 18.9. The van der Waals surface area contributed by atoms with E-state index in [2.05, 4.69) is 44.5 Å². The maximum atomic E-state index is 4.34. The molecule has 0 aliphatic carbocycles. The van der Waals surface area contributed by atoms with E-state index in [0.29, 0.717) is 6.04 Å². The van der Waals surface area contributed by atoms with Gasteiger partial charge in [-0.3, -0.25) is 4.68 Å². The van der Waals surface area contributed by atoms with Crippen LogP contribution in [-0.2, 0) is 0 Å². The molecule has 3 rings (SSSR count). The lowest BCUT2D eigenvalue weighted by atomic mass is 9.98. The van der Waals surface area contributed by atoms with Crippen LogP contribution in [0.25, 0.3) is 0 Å². The molecule has 0 bridgehead atoms. The summed E-state index contributed by atoms with van der Waals surface area (Å²) < 4.78 is 3.15. The highest BCUT2D eigenvalue weighted by atomic mass is 79.9. The van der Waals surface area contributed by atoms with Crippen molar-refractivity contribution in [2.75, 3.05) is 11.9 Å². The molecule has 0 amide bonds. The molecule has 1 unspecified atom stereocenters. The van der Waals surface area contributed by atoms with Gasteiger partial charge in [0.25, 0.3) is 0 Å². The van der Waals surface area contributed by atoms with Crippen LogP contribution in [0.5, 0.6) is 0 Å². The molecule has 3 nitrogen and oxygen atoms in total. The second-order valence-electron chi connectivity index (χ2n) is 3.95. The maximum Gasteiger partial charge on any atom is 0.0805 e. The maximum absolute atomic E-state index is 4.34. The molecule has 0 saturated heterocycles. The number of hydrogen-bond acceptors (Lipinski definition) is 2. The second-order valence-corrected chi connectivity index (χ2v) is 4.86. The highest BCUT2D eigenvalue weighted by Gasteiger charge is 2.21. The topological polar surface area (TPSA) is 29.9 Å². The first kappa shape index (κ1) is 9.90. The molecule has 1 aromatic carbocycles. The minimum Gasteiger partial charge on any atom is -0.385 e. The molecule has 4 heteroatoms. The number of anilines is 1. The Labute approximate surface area is 103 Å². The third-order valence-electron chi connectivity index (χ3n) is 2.95. The number of benzene rings is 1. The smallest absolute Gasteiger partial charge is 0.0805 e. The van der Waals surface area contributed by atoms with Crippen LogP contribution in [-0.4, -0.2) is 16.3 Å². The van der Waals surface area contributed by atoms with Gasteiger partial charge in [-0.05, 0) is 30.7 Å². The van der Waals surface area contributed by atoms with Crippen LogP contribution in [0.4, 0.5) is 5.69 Å². The molecule has 2 aromatic rings. The summed E-state index contributed by atoms with van der Waals surface area (Å²) in [5.74, 6) is 0. The SMILES string of the molecule is Brc1ccc2c(c1)C(n1cccn1)CCN2. The Morgan fingerprint density at radius 3 is 3.19 bits per heavy atom. The van der Waals surface area contributed by atoms with E-state index in [4.69, 9.17) is 0 Å². The first-order chi connectivity index (χ1) is 7.84. The average molecular weight is 278 g/mol. The molecule has 1 aromatic heterocycles. The molecule has 82 valence electrons. The predicted octanol–water partition coefficient (Wildman–Crippen LogP) is 3.05. The standard InChI is InChI=1S/C12H12BrN3/c13-9-2-3-11-10(8-9)12(4-6-14-11)16-7-1-5-15-16/h1-3,5,7-8,12,14H,4,6H2. The van der Waals surface area contributed by atoms with Crippen molar-refractivity contribution in [3.63, 3.8) is 0 Å². The number of rotatable bonds is 1. The molecule has 1 aliphatic heterocycles. The van der Waals surface area contributed by atoms with Crippen molar-refractivity contribution < 1.29 is 0 Å². The Morgan fingerprint density at radius 2 is 2.38 bits per heavy atom. The van der Waals surface area contributed by atoms with Gasteiger partial charge in [0, 0.05) is 34.7 Å². The summed E-state index contributed by atoms with van der Waals surface area (Å²) in [6.45, 7) is 0.999. The van der Waals surface area contributed by atoms with Gasteiger partial charge in [0.15, 0.2) is 0 Å². The summed E-state index contributed by atoms with van der Waals surface area (Å²) >= 11 is 3.52. The van der Waals surface area contributed by atoms with Gasteiger partial charge in [-0.15, -0.1) is 0 Å². The Morgan fingerprint density at radius 1 is 1.44 bits per heavy atom. The minimum absolute atomic E-state index is 0.351. The van der Waals surface area contributed by atoms with Crippen LogP contribution < -0.4 is 5.32 Å². The van der Waals surface area contributed by atoms with Gasteiger partial charge in [-0.25, -0.2) is 0 Å². The van der Waals surface area contributed by atoms with E-state index >= 15 is 0 Å². The lowest BCUT2D eigenvalue weighted by molar-refractivity contribution is 0.491. The van der Waals surface area contributed by atoms with Gasteiger partial charge in [0.1, 0.15) is 0 Å². The predicted molar refractivity (Wildman–Crippen MR) is 67.6 cm³/mol. The Bertz CT molecular complexity index is 493. The van der Waals surface area contributed by atoms with Crippen molar-refractivity contribution in [2.24, 2.45) is 0 Å². The number of fused-ring (bicyclic) bond motifs is 1. The van der Waals surface area contributed by atoms with E-state index in [1.165, 1.54) is 11.3 Å². The molecule has 0 spiro atoms. The van der Waals surface area contributed by atoms with E-state index in [-0.39, 0.29) is 0 Å². The molecule has 1 atom stereocenters. The van der Waals surface area contributed by atoms with Crippen LogP contribution in [0.3, 0.4) is 0 Å². The lowest BCUT2D eigenvalue weighted by Crippen LogP contribution is -2.22. The van der Waals surface area contributed by atoms with Crippen molar-refractivity contribution in [2.45, 2.75) is 12.5 Å². The first-order valence-electron chi connectivity index (χ1n) is 5.37. The van der Waals surface area contributed by atoms with Crippen molar-refractivity contribution >= 4 is 21.6 Å². The zero-order valence-electron chi connectivity index (χ0n) is 8.73. The van der Waals surface area contributed by atoms with Gasteiger partial charge in [0.2, 0.25) is 0 Å². The third kappa shape index (κ3) is 1.63. The summed E-state index contributed by atoms with van der Waals surface area (Å²) in [5.41, 5.74) is 2.53. The van der Waals surface area contributed by atoms with Gasteiger partial charge in [-0.2, -0.15) is 5.10 Å². The average Bonchev–Trinajstić information content (AvgIpc) is 2.81. The summed E-state index contributed by atoms with van der Waals surface area (Å²) in [5, 5.41) is 7.76.